The quantitative estimate of drug-likeness (QED) is 0.0150. The van der Waals surface area contributed by atoms with E-state index in [0.717, 1.165) is 36.9 Å². The van der Waals surface area contributed by atoms with Gasteiger partial charge in [0, 0.05) is 68.0 Å². The molecule has 1 aromatic heterocycles. The van der Waals surface area contributed by atoms with Gasteiger partial charge in [-0.15, -0.1) is 0 Å². The van der Waals surface area contributed by atoms with Crippen molar-refractivity contribution in [2.45, 2.75) is 71.3 Å². The topological polar surface area (TPSA) is 207 Å². The summed E-state index contributed by atoms with van der Waals surface area (Å²) in [6.45, 7) is 5.81. The van der Waals surface area contributed by atoms with Crippen LogP contribution in [0.4, 0.5) is 5.69 Å². The van der Waals surface area contributed by atoms with Crippen molar-refractivity contribution in [3.8, 4) is 33.9 Å². The molecular weight excluding hydrogens is 986 g/mol. The average Bonchev–Trinajstić information content (AvgIpc) is 3.41. The molecule has 0 spiro atoms. The number of rotatable bonds is 30. The molecule has 0 bridgehead atoms. The fraction of sp³-hybridized carbons (Fsp3) is 0.421. The van der Waals surface area contributed by atoms with Crippen LogP contribution in [0.1, 0.15) is 96.3 Å². The molecule has 1 saturated carbocycles. The van der Waals surface area contributed by atoms with Crippen molar-refractivity contribution in [1.29, 1.82) is 0 Å². The Kier molecular flexibility index (Phi) is 22.4. The zero-order chi connectivity index (χ0) is 53.7. The van der Waals surface area contributed by atoms with Crippen LogP contribution in [0.15, 0.2) is 88.1 Å². The van der Waals surface area contributed by atoms with Crippen LogP contribution in [0.2, 0.25) is 5.02 Å². The Bertz CT molecular complexity index is 2830. The van der Waals surface area contributed by atoms with E-state index in [2.05, 4.69) is 5.32 Å². The third-order valence-electron chi connectivity index (χ3n) is 12.8. The molecular formula is C57H66ClN3O14. The Labute approximate surface area is 441 Å². The second kappa shape index (κ2) is 29.2. The van der Waals surface area contributed by atoms with Crippen molar-refractivity contribution >= 4 is 64.4 Å². The van der Waals surface area contributed by atoms with E-state index in [0.29, 0.717) is 103 Å². The van der Waals surface area contributed by atoms with Crippen LogP contribution in [0, 0.1) is 5.92 Å². The summed E-state index contributed by atoms with van der Waals surface area (Å²) >= 11 is 6.71. The first kappa shape index (κ1) is 57.4. The lowest BCUT2D eigenvalue weighted by molar-refractivity contribution is -0.154. The van der Waals surface area contributed by atoms with Crippen LogP contribution in [-0.2, 0) is 33.3 Å². The standard InChI is InChI=1S/C57H66ClN3O14/c1-5-72-52-35-54-46(33-45(52)41-15-9-14-40(31-41)38(2)64)50(65)34-53(75-54)44-20-19-42(32-48(44)58)59-21-23-69-24-25-70-26-27-71-28-29-73-51-18-10-16-43(47(51)36-63)56(67)61(4)49(17-11-22-62)57(68)60(3)37-74-55(66)30-39-12-7-6-8-13-39/h9-10,14-16,18-20,22,31-36,39,49,59H,5-8,11-13,17,21,23-30,37H2,1-4H3. The Morgan fingerprint density at radius 1 is 0.813 bits per heavy atom. The first-order chi connectivity index (χ1) is 36.3. The molecule has 5 aromatic rings. The number of aldehydes is 2. The maximum Gasteiger partial charge on any atom is 0.307 e. The fourth-order valence-electron chi connectivity index (χ4n) is 8.76. The van der Waals surface area contributed by atoms with E-state index < -0.39 is 17.9 Å². The first-order valence-corrected chi connectivity index (χ1v) is 25.7. The molecule has 18 heteroatoms. The summed E-state index contributed by atoms with van der Waals surface area (Å²) in [5, 5.41) is 4.01. The van der Waals surface area contributed by atoms with E-state index in [1.807, 2.05) is 19.1 Å². The second-order valence-electron chi connectivity index (χ2n) is 18.1. The first-order valence-electron chi connectivity index (χ1n) is 25.3. The highest BCUT2D eigenvalue weighted by Crippen LogP contribution is 2.37. The number of fused-ring (bicyclic) bond motifs is 1. The molecule has 1 heterocycles. The van der Waals surface area contributed by atoms with Crippen LogP contribution < -0.4 is 20.2 Å². The van der Waals surface area contributed by atoms with E-state index in [1.54, 1.807) is 54.6 Å². The van der Waals surface area contributed by atoms with E-state index in [1.165, 1.54) is 49.4 Å². The van der Waals surface area contributed by atoms with Crippen LogP contribution in [0.5, 0.6) is 11.5 Å². The van der Waals surface area contributed by atoms with Gasteiger partial charge < -0.3 is 52.7 Å². The fourth-order valence-corrected chi connectivity index (χ4v) is 9.03. The minimum absolute atomic E-state index is 0.00143. The van der Waals surface area contributed by atoms with Crippen molar-refractivity contribution in [2.75, 3.05) is 85.5 Å². The summed E-state index contributed by atoms with van der Waals surface area (Å²) in [4.78, 5) is 91.4. The maximum absolute atomic E-state index is 13.8. The SMILES string of the molecule is CCOc1cc2oc(-c3ccc(NCCOCCOCCOCCOc4cccc(C(=O)N(C)C(CCC=O)C(=O)N(C)COC(=O)CC5CCCCC5)c4C=O)cc3Cl)cc(=O)c2cc1-c1cccc(C(C)=O)c1. The number of amides is 2. The molecule has 1 fully saturated rings. The molecule has 0 aliphatic heterocycles. The molecule has 1 aliphatic carbocycles. The number of carbonyl (C=O) groups is 6. The number of anilines is 1. The highest BCUT2D eigenvalue weighted by molar-refractivity contribution is 6.33. The Morgan fingerprint density at radius 2 is 1.53 bits per heavy atom. The molecule has 2 amide bonds. The van der Waals surface area contributed by atoms with Gasteiger partial charge in [-0.25, -0.2) is 0 Å². The number of benzene rings is 4. The molecule has 1 unspecified atom stereocenters. The van der Waals surface area contributed by atoms with Crippen molar-refractivity contribution in [3.63, 3.8) is 0 Å². The molecule has 1 aliphatic rings. The monoisotopic (exact) mass is 1050 g/mol. The van der Waals surface area contributed by atoms with Crippen LogP contribution in [-0.4, -0.2) is 132 Å². The van der Waals surface area contributed by atoms with E-state index in [-0.39, 0.29) is 79.4 Å². The molecule has 1 N–H and O–H groups in total. The van der Waals surface area contributed by atoms with Crippen molar-refractivity contribution in [3.05, 3.63) is 111 Å². The molecule has 400 valence electrons. The molecule has 0 saturated heterocycles. The molecule has 75 heavy (non-hydrogen) atoms. The van der Waals surface area contributed by atoms with Crippen molar-refractivity contribution in [2.24, 2.45) is 5.92 Å². The van der Waals surface area contributed by atoms with Crippen molar-refractivity contribution in [1.82, 2.24) is 9.80 Å². The van der Waals surface area contributed by atoms with Crippen molar-refractivity contribution < 1.29 is 61.6 Å². The third kappa shape index (κ3) is 16.3. The van der Waals surface area contributed by atoms with Gasteiger partial charge >= 0.3 is 5.97 Å². The number of nitrogens with zero attached hydrogens (tertiary/aromatic N) is 2. The van der Waals surface area contributed by atoms with E-state index in [4.69, 9.17) is 44.4 Å². The van der Waals surface area contributed by atoms with E-state index in [9.17, 15) is 33.6 Å². The summed E-state index contributed by atoms with van der Waals surface area (Å²) < 4.78 is 40.3. The summed E-state index contributed by atoms with van der Waals surface area (Å²) in [6.07, 6.45) is 6.79. The van der Waals surface area contributed by atoms with Gasteiger partial charge in [0.25, 0.3) is 5.91 Å². The summed E-state index contributed by atoms with van der Waals surface area (Å²) in [5.41, 5.74) is 3.35. The number of hydrogen-bond donors (Lipinski definition) is 1. The average molecular weight is 1050 g/mol. The van der Waals surface area contributed by atoms with Gasteiger partial charge in [-0.1, -0.05) is 55.1 Å². The van der Waals surface area contributed by atoms with Gasteiger partial charge in [0.05, 0.1) is 67.8 Å². The molecule has 4 aromatic carbocycles. The predicted molar refractivity (Wildman–Crippen MR) is 284 cm³/mol. The Hall–Kier alpha value is -6.92. The number of carbonyl (C=O) groups excluding carboxylic acids is 6. The summed E-state index contributed by atoms with van der Waals surface area (Å²) in [7, 11) is 2.89. The lowest BCUT2D eigenvalue weighted by atomic mass is 9.87. The highest BCUT2D eigenvalue weighted by Gasteiger charge is 2.32. The number of Topliss-reactive ketones (excluding diaryl/α,β-unsaturated/α-hetero) is 1. The number of hydrogen-bond acceptors (Lipinski definition) is 15. The number of ketones is 1. The molecule has 1 atom stereocenters. The van der Waals surface area contributed by atoms with Gasteiger partial charge in [0.15, 0.2) is 24.2 Å². The number of likely N-dealkylation sites (N-methyl/N-ethyl adjacent to an activating group) is 2. The van der Waals surface area contributed by atoms with Gasteiger partial charge in [0.1, 0.15) is 41.8 Å². The molecule has 17 nitrogen and oxygen atoms in total. The zero-order valence-corrected chi connectivity index (χ0v) is 43.8. The second-order valence-corrected chi connectivity index (χ2v) is 18.5. The largest absolute Gasteiger partial charge is 0.493 e. The lowest BCUT2D eigenvalue weighted by Gasteiger charge is -2.31. The Morgan fingerprint density at radius 3 is 2.23 bits per heavy atom. The van der Waals surface area contributed by atoms with Gasteiger partial charge in [0.2, 0.25) is 5.91 Å². The zero-order valence-electron chi connectivity index (χ0n) is 43.0. The Balaban J connectivity index is 0.882. The smallest absolute Gasteiger partial charge is 0.307 e. The molecule has 6 rings (SSSR count). The van der Waals surface area contributed by atoms with Crippen LogP contribution in [0.3, 0.4) is 0 Å². The minimum atomic E-state index is -1.07. The van der Waals surface area contributed by atoms with Crippen LogP contribution in [0.25, 0.3) is 33.4 Å². The van der Waals surface area contributed by atoms with Gasteiger partial charge in [-0.2, -0.15) is 0 Å². The minimum Gasteiger partial charge on any atom is -0.493 e. The number of ether oxygens (including phenoxy) is 6. The van der Waals surface area contributed by atoms with Crippen LogP contribution >= 0.6 is 11.6 Å². The maximum atomic E-state index is 13.8. The number of halogens is 1. The summed E-state index contributed by atoms with van der Waals surface area (Å²) in [6, 6.07) is 20.9. The lowest BCUT2D eigenvalue weighted by Crippen LogP contribution is -2.49. The van der Waals surface area contributed by atoms with Gasteiger partial charge in [-0.3, -0.25) is 28.8 Å². The summed E-state index contributed by atoms with van der Waals surface area (Å²) in [5.74, 6) is -0.347. The number of nitrogens with one attached hydrogen (secondary N) is 1. The number of esters is 1. The highest BCUT2D eigenvalue weighted by atomic mass is 35.5. The third-order valence-corrected chi connectivity index (χ3v) is 13.1. The normalized spacial score (nSPS) is 12.9. The predicted octanol–water partition coefficient (Wildman–Crippen LogP) is 9.08. The van der Waals surface area contributed by atoms with E-state index >= 15 is 0 Å². The van der Waals surface area contributed by atoms with Gasteiger partial charge in [-0.05, 0) is 87.1 Å². The molecule has 0 radical (unpaired) electrons.